The molecule has 1 unspecified atom stereocenters. The summed E-state index contributed by atoms with van der Waals surface area (Å²) in [5, 5.41) is 27.3. The third-order valence-corrected chi connectivity index (χ3v) is 6.13. The number of tetrazole rings is 1. The van der Waals surface area contributed by atoms with Crippen LogP contribution >= 0.6 is 0 Å². The van der Waals surface area contributed by atoms with E-state index in [4.69, 9.17) is 9.47 Å². The number of benzene rings is 2. The Morgan fingerprint density at radius 2 is 1.95 bits per heavy atom. The molecule has 2 aromatic carbocycles. The van der Waals surface area contributed by atoms with Gasteiger partial charge in [0.1, 0.15) is 30.0 Å². The van der Waals surface area contributed by atoms with Crippen molar-refractivity contribution in [2.24, 2.45) is 0 Å². The van der Waals surface area contributed by atoms with E-state index >= 15 is 0 Å². The van der Waals surface area contributed by atoms with E-state index in [-0.39, 0.29) is 6.10 Å². The highest BCUT2D eigenvalue weighted by Crippen LogP contribution is 2.32. The van der Waals surface area contributed by atoms with Crippen LogP contribution < -0.4 is 20.1 Å². The number of nitriles is 1. The minimum Gasteiger partial charge on any atom is -0.495 e. The highest BCUT2D eigenvalue weighted by molar-refractivity contribution is 5.74. The van der Waals surface area contributed by atoms with Gasteiger partial charge in [-0.3, -0.25) is 0 Å². The second kappa shape index (κ2) is 11.5. The van der Waals surface area contributed by atoms with Crippen LogP contribution in [0.2, 0.25) is 0 Å². The largest absolute Gasteiger partial charge is 0.495 e. The van der Waals surface area contributed by atoms with Crippen LogP contribution in [0.5, 0.6) is 11.5 Å². The van der Waals surface area contributed by atoms with Gasteiger partial charge in [0.2, 0.25) is 5.95 Å². The molecule has 0 bridgehead atoms. The van der Waals surface area contributed by atoms with Gasteiger partial charge in [0, 0.05) is 24.5 Å². The quantitative estimate of drug-likeness (QED) is 0.344. The van der Waals surface area contributed by atoms with Crippen LogP contribution in [0.25, 0.3) is 16.7 Å². The van der Waals surface area contributed by atoms with Crippen molar-refractivity contribution in [3.63, 3.8) is 0 Å². The summed E-state index contributed by atoms with van der Waals surface area (Å²) in [6.07, 6.45) is 7.92. The molecule has 0 radical (unpaired) electrons. The first-order chi connectivity index (χ1) is 18.6. The van der Waals surface area contributed by atoms with Crippen LogP contribution in [0.15, 0.2) is 61.2 Å². The number of nitrogens with zero attached hydrogens (tertiary/aromatic N) is 7. The zero-order valence-electron chi connectivity index (χ0n) is 21.1. The van der Waals surface area contributed by atoms with Gasteiger partial charge in [-0.25, -0.2) is 14.6 Å². The fraction of sp³-hybridized carbons (Fsp3) is 0.259. The lowest BCUT2D eigenvalue weighted by molar-refractivity contribution is 0.192. The Balaban J connectivity index is 1.33. The van der Waals surface area contributed by atoms with Crippen molar-refractivity contribution >= 4 is 17.2 Å². The maximum Gasteiger partial charge on any atom is 0.227 e. The fourth-order valence-corrected chi connectivity index (χ4v) is 4.23. The SMILES string of the molecule is COc1ccc(C2=CCNCC2)cc1Nc1ncc(-c2ccc(C#N)c(OC(C)Cn3cnnn3)c2)cn1. The molecule has 1 aliphatic heterocycles. The van der Waals surface area contributed by atoms with Crippen molar-refractivity contribution in [2.45, 2.75) is 26.0 Å². The highest BCUT2D eigenvalue weighted by Gasteiger charge is 2.14. The molecular weight excluding hydrogens is 482 g/mol. The zero-order chi connectivity index (χ0) is 26.3. The molecule has 0 saturated carbocycles. The third-order valence-electron chi connectivity index (χ3n) is 6.13. The average Bonchev–Trinajstić information content (AvgIpc) is 3.47. The normalized spacial score (nSPS) is 13.8. The standard InChI is InChI=1S/C27H27N9O2/c1-18(16-36-17-32-34-35-36)38-26-12-21(3-4-22(26)13-28)23-14-30-27(31-15-23)33-24-11-20(5-6-25(24)37-2)19-7-9-29-10-8-19/h3-7,11-12,14-15,17-18,29H,8-10,16H2,1-2H3,(H,30,31,33). The predicted molar refractivity (Wildman–Crippen MR) is 142 cm³/mol. The molecule has 38 heavy (non-hydrogen) atoms. The Morgan fingerprint density at radius 3 is 2.66 bits per heavy atom. The van der Waals surface area contributed by atoms with Gasteiger partial charge in [-0.15, -0.1) is 5.10 Å². The molecule has 2 aromatic heterocycles. The summed E-state index contributed by atoms with van der Waals surface area (Å²) >= 11 is 0. The number of rotatable bonds is 9. The maximum atomic E-state index is 9.55. The Hall–Kier alpha value is -4.82. The van der Waals surface area contributed by atoms with E-state index < -0.39 is 0 Å². The van der Waals surface area contributed by atoms with Crippen molar-refractivity contribution in [2.75, 3.05) is 25.5 Å². The van der Waals surface area contributed by atoms with E-state index in [2.05, 4.69) is 60.4 Å². The van der Waals surface area contributed by atoms with E-state index in [0.29, 0.717) is 29.6 Å². The molecule has 5 rings (SSSR count). The van der Waals surface area contributed by atoms with E-state index in [1.165, 1.54) is 11.9 Å². The number of methoxy groups -OCH3 is 1. The molecule has 2 N–H and O–H groups in total. The number of hydrogen-bond donors (Lipinski definition) is 2. The smallest absolute Gasteiger partial charge is 0.227 e. The number of ether oxygens (including phenoxy) is 2. The van der Waals surface area contributed by atoms with E-state index in [0.717, 1.165) is 41.9 Å². The first-order valence-corrected chi connectivity index (χ1v) is 12.2. The van der Waals surface area contributed by atoms with Gasteiger partial charge in [0.15, 0.2) is 0 Å². The van der Waals surface area contributed by atoms with Gasteiger partial charge < -0.3 is 20.1 Å². The molecule has 11 nitrogen and oxygen atoms in total. The number of anilines is 2. The zero-order valence-corrected chi connectivity index (χ0v) is 21.1. The summed E-state index contributed by atoms with van der Waals surface area (Å²) in [7, 11) is 1.64. The Labute approximate surface area is 220 Å². The Kier molecular flexibility index (Phi) is 7.52. The molecule has 1 atom stereocenters. The topological polar surface area (TPSA) is 136 Å². The lowest BCUT2D eigenvalue weighted by Gasteiger charge is -2.17. The van der Waals surface area contributed by atoms with Crippen LogP contribution in [0, 0.1) is 11.3 Å². The first-order valence-electron chi connectivity index (χ1n) is 12.2. The summed E-state index contributed by atoms with van der Waals surface area (Å²) in [6, 6.07) is 13.7. The van der Waals surface area contributed by atoms with Crippen LogP contribution in [-0.2, 0) is 6.54 Å². The van der Waals surface area contributed by atoms with Crippen LogP contribution in [-0.4, -0.2) is 56.5 Å². The molecule has 11 heteroatoms. The Bertz CT molecular complexity index is 1460. The van der Waals surface area contributed by atoms with E-state index in [9.17, 15) is 5.26 Å². The van der Waals surface area contributed by atoms with E-state index in [1.807, 2.05) is 25.1 Å². The second-order valence-corrected chi connectivity index (χ2v) is 8.80. The second-order valence-electron chi connectivity index (χ2n) is 8.80. The molecule has 0 amide bonds. The third kappa shape index (κ3) is 5.77. The minimum atomic E-state index is -0.255. The van der Waals surface area contributed by atoms with Crippen molar-refractivity contribution in [3.05, 3.63) is 72.3 Å². The van der Waals surface area contributed by atoms with Crippen molar-refractivity contribution in [1.29, 1.82) is 5.26 Å². The van der Waals surface area contributed by atoms with Gasteiger partial charge in [-0.1, -0.05) is 18.2 Å². The number of aromatic nitrogens is 6. The monoisotopic (exact) mass is 509 g/mol. The van der Waals surface area contributed by atoms with Gasteiger partial charge >= 0.3 is 0 Å². The summed E-state index contributed by atoms with van der Waals surface area (Å²) < 4.78 is 13.2. The van der Waals surface area contributed by atoms with Crippen molar-refractivity contribution in [1.82, 2.24) is 35.5 Å². The minimum absolute atomic E-state index is 0.255. The maximum absolute atomic E-state index is 9.55. The van der Waals surface area contributed by atoms with Crippen LogP contribution in [0.4, 0.5) is 11.6 Å². The van der Waals surface area contributed by atoms with Crippen LogP contribution in [0.3, 0.4) is 0 Å². The molecule has 0 aliphatic carbocycles. The van der Waals surface area contributed by atoms with Crippen molar-refractivity contribution < 1.29 is 9.47 Å². The number of hydrogen-bond acceptors (Lipinski definition) is 10. The molecular formula is C27H27N9O2. The molecule has 192 valence electrons. The summed E-state index contributed by atoms with van der Waals surface area (Å²) in [5.41, 5.74) is 5.30. The summed E-state index contributed by atoms with van der Waals surface area (Å²) in [6.45, 7) is 4.18. The molecule has 0 fully saturated rings. The van der Waals surface area contributed by atoms with Gasteiger partial charge in [-0.2, -0.15) is 5.26 Å². The van der Waals surface area contributed by atoms with Crippen molar-refractivity contribution in [3.8, 4) is 28.7 Å². The fourth-order valence-electron chi connectivity index (χ4n) is 4.23. The lowest BCUT2D eigenvalue weighted by Crippen LogP contribution is -2.20. The summed E-state index contributed by atoms with van der Waals surface area (Å²) in [5.74, 6) is 1.63. The molecule has 1 aliphatic rings. The average molecular weight is 510 g/mol. The Morgan fingerprint density at radius 1 is 1.11 bits per heavy atom. The van der Waals surface area contributed by atoms with Gasteiger partial charge in [-0.05, 0) is 71.3 Å². The lowest BCUT2D eigenvalue weighted by atomic mass is 9.99. The highest BCUT2D eigenvalue weighted by atomic mass is 16.5. The summed E-state index contributed by atoms with van der Waals surface area (Å²) in [4.78, 5) is 9.03. The predicted octanol–water partition coefficient (Wildman–Crippen LogP) is 3.60. The first kappa shape index (κ1) is 24.9. The van der Waals surface area contributed by atoms with E-state index in [1.54, 1.807) is 30.3 Å². The van der Waals surface area contributed by atoms with Gasteiger partial charge in [0.25, 0.3) is 0 Å². The number of nitrogens with one attached hydrogen (secondary N) is 2. The molecule has 3 heterocycles. The molecule has 0 saturated heterocycles. The molecule has 4 aromatic rings. The van der Waals surface area contributed by atoms with Crippen LogP contribution in [0.1, 0.15) is 24.5 Å². The van der Waals surface area contributed by atoms with Gasteiger partial charge in [0.05, 0.1) is 24.9 Å². The molecule has 0 spiro atoms.